The zero-order valence-electron chi connectivity index (χ0n) is 9.90. The fourth-order valence-corrected chi connectivity index (χ4v) is 2.24. The van der Waals surface area contributed by atoms with Crippen LogP contribution in [0.1, 0.15) is 31.0 Å². The highest BCUT2D eigenvalue weighted by Gasteiger charge is 2.10. The van der Waals surface area contributed by atoms with Crippen molar-refractivity contribution < 1.29 is 4.79 Å². The summed E-state index contributed by atoms with van der Waals surface area (Å²) in [4.78, 5) is 17.9. The Kier molecular flexibility index (Phi) is 5.42. The Labute approximate surface area is 100 Å². The van der Waals surface area contributed by atoms with Crippen molar-refractivity contribution in [2.75, 3.05) is 13.1 Å². The average molecular weight is 241 g/mol. The van der Waals surface area contributed by atoms with Crippen LogP contribution in [0.4, 0.5) is 0 Å². The summed E-state index contributed by atoms with van der Waals surface area (Å²) in [6.45, 7) is 6.03. The zero-order chi connectivity index (χ0) is 12.0. The maximum atomic E-state index is 11.7. The third-order valence-corrected chi connectivity index (χ3v) is 3.41. The van der Waals surface area contributed by atoms with Gasteiger partial charge in [0.05, 0.1) is 5.69 Å². The van der Waals surface area contributed by atoms with Gasteiger partial charge < -0.3 is 10.6 Å². The zero-order valence-corrected chi connectivity index (χ0v) is 10.7. The van der Waals surface area contributed by atoms with Gasteiger partial charge in [-0.3, -0.25) is 4.79 Å². The van der Waals surface area contributed by atoms with Crippen molar-refractivity contribution in [2.24, 2.45) is 5.73 Å². The predicted molar refractivity (Wildman–Crippen MR) is 66.3 cm³/mol. The van der Waals surface area contributed by atoms with Crippen LogP contribution in [0.15, 0.2) is 5.38 Å². The lowest BCUT2D eigenvalue weighted by molar-refractivity contribution is -0.130. The lowest BCUT2D eigenvalue weighted by atomic mass is 10.2. The highest BCUT2D eigenvalue weighted by molar-refractivity contribution is 7.09. The van der Waals surface area contributed by atoms with Crippen LogP contribution in [0.2, 0.25) is 0 Å². The van der Waals surface area contributed by atoms with Gasteiger partial charge in [-0.25, -0.2) is 4.98 Å². The lowest BCUT2D eigenvalue weighted by Crippen LogP contribution is -2.30. The fraction of sp³-hybridized carbons (Fsp3) is 0.636. The number of carbonyl (C=O) groups excluding carboxylic acids is 1. The molecule has 90 valence electrons. The number of hydrogen-bond donors (Lipinski definition) is 1. The molecule has 0 aliphatic carbocycles. The molecule has 0 aromatic carbocycles. The molecule has 0 aliphatic rings. The van der Waals surface area contributed by atoms with Crippen molar-refractivity contribution in [1.29, 1.82) is 0 Å². The monoisotopic (exact) mass is 241 g/mol. The van der Waals surface area contributed by atoms with Crippen molar-refractivity contribution in [3.05, 3.63) is 16.1 Å². The molecule has 4 nitrogen and oxygen atoms in total. The van der Waals surface area contributed by atoms with E-state index in [1.807, 2.05) is 24.1 Å². The summed E-state index contributed by atoms with van der Waals surface area (Å²) in [5.41, 5.74) is 6.46. The van der Waals surface area contributed by atoms with Crippen LogP contribution >= 0.6 is 11.3 Å². The second-order valence-corrected chi connectivity index (χ2v) is 4.45. The van der Waals surface area contributed by atoms with Gasteiger partial charge in [0, 0.05) is 31.4 Å². The molecule has 16 heavy (non-hydrogen) atoms. The largest absolute Gasteiger partial charge is 0.343 e. The predicted octanol–water partition coefficient (Wildman–Crippen LogP) is 1.40. The van der Waals surface area contributed by atoms with Gasteiger partial charge in [0.15, 0.2) is 0 Å². The average Bonchev–Trinajstić information content (AvgIpc) is 2.76. The van der Waals surface area contributed by atoms with Crippen LogP contribution < -0.4 is 5.73 Å². The summed E-state index contributed by atoms with van der Waals surface area (Å²) in [5.74, 6) is 0.201. The Morgan fingerprint density at radius 1 is 1.50 bits per heavy atom. The second kappa shape index (κ2) is 6.60. The minimum Gasteiger partial charge on any atom is -0.343 e. The highest BCUT2D eigenvalue weighted by Crippen LogP contribution is 2.11. The van der Waals surface area contributed by atoms with Crippen LogP contribution in [-0.2, 0) is 17.8 Å². The van der Waals surface area contributed by atoms with Gasteiger partial charge in [-0.15, -0.1) is 11.3 Å². The SMILES string of the molecule is CCN(CC)C(=O)CCc1csc(CN)n1. The van der Waals surface area contributed by atoms with Gasteiger partial charge in [-0.1, -0.05) is 0 Å². The third-order valence-electron chi connectivity index (χ3n) is 2.49. The maximum Gasteiger partial charge on any atom is 0.222 e. The first-order valence-electron chi connectivity index (χ1n) is 5.62. The highest BCUT2D eigenvalue weighted by atomic mass is 32.1. The molecule has 1 rings (SSSR count). The summed E-state index contributed by atoms with van der Waals surface area (Å²) in [6.07, 6.45) is 1.25. The molecule has 2 N–H and O–H groups in total. The Balaban J connectivity index is 2.41. The number of hydrogen-bond acceptors (Lipinski definition) is 4. The summed E-state index contributed by atoms with van der Waals surface area (Å²) in [7, 11) is 0. The Morgan fingerprint density at radius 3 is 2.69 bits per heavy atom. The summed E-state index contributed by atoms with van der Waals surface area (Å²) in [5, 5.41) is 2.92. The molecular weight excluding hydrogens is 222 g/mol. The van der Waals surface area contributed by atoms with E-state index in [1.54, 1.807) is 11.3 Å². The molecule has 0 saturated carbocycles. The van der Waals surface area contributed by atoms with Gasteiger partial charge in [-0.05, 0) is 20.3 Å². The first kappa shape index (κ1) is 13.1. The number of thiazole rings is 1. The smallest absolute Gasteiger partial charge is 0.222 e. The molecule has 1 aromatic heterocycles. The maximum absolute atomic E-state index is 11.7. The normalized spacial score (nSPS) is 10.4. The standard InChI is InChI=1S/C11H19N3OS/c1-3-14(4-2)11(15)6-5-9-8-16-10(7-12)13-9/h8H,3-7,12H2,1-2H3. The van der Waals surface area contributed by atoms with E-state index in [-0.39, 0.29) is 5.91 Å². The molecule has 0 bridgehead atoms. The first-order chi connectivity index (χ1) is 7.71. The molecular formula is C11H19N3OS. The summed E-state index contributed by atoms with van der Waals surface area (Å²) >= 11 is 1.56. The molecule has 0 saturated heterocycles. The topological polar surface area (TPSA) is 59.2 Å². The van der Waals surface area contributed by atoms with Crippen molar-refractivity contribution in [2.45, 2.75) is 33.2 Å². The molecule has 0 spiro atoms. The first-order valence-corrected chi connectivity index (χ1v) is 6.50. The molecule has 0 atom stereocenters. The molecule has 1 heterocycles. The third kappa shape index (κ3) is 3.57. The number of amides is 1. The summed E-state index contributed by atoms with van der Waals surface area (Å²) in [6, 6.07) is 0. The Bertz CT molecular complexity index is 334. The van der Waals surface area contributed by atoms with Crippen molar-refractivity contribution >= 4 is 17.2 Å². The van der Waals surface area contributed by atoms with Gasteiger partial charge in [-0.2, -0.15) is 0 Å². The summed E-state index contributed by atoms with van der Waals surface area (Å²) < 4.78 is 0. The lowest BCUT2D eigenvalue weighted by Gasteiger charge is -2.17. The van der Waals surface area contributed by atoms with E-state index in [1.165, 1.54) is 0 Å². The minimum atomic E-state index is 0.201. The Morgan fingerprint density at radius 2 is 2.19 bits per heavy atom. The number of rotatable bonds is 6. The van der Waals surface area contributed by atoms with Crippen LogP contribution in [-0.4, -0.2) is 28.9 Å². The Hall–Kier alpha value is -0.940. The molecule has 0 radical (unpaired) electrons. The van der Waals surface area contributed by atoms with E-state index in [0.29, 0.717) is 19.4 Å². The quantitative estimate of drug-likeness (QED) is 0.819. The molecule has 1 aromatic rings. The number of aryl methyl sites for hydroxylation is 1. The van der Waals surface area contributed by atoms with E-state index >= 15 is 0 Å². The van der Waals surface area contributed by atoms with Crippen molar-refractivity contribution in [3.8, 4) is 0 Å². The minimum absolute atomic E-state index is 0.201. The van der Waals surface area contributed by atoms with E-state index in [2.05, 4.69) is 4.98 Å². The van der Waals surface area contributed by atoms with Gasteiger partial charge in [0.1, 0.15) is 5.01 Å². The van der Waals surface area contributed by atoms with E-state index in [0.717, 1.165) is 23.8 Å². The van der Waals surface area contributed by atoms with E-state index in [4.69, 9.17) is 5.73 Å². The van der Waals surface area contributed by atoms with Crippen molar-refractivity contribution in [1.82, 2.24) is 9.88 Å². The van der Waals surface area contributed by atoms with Crippen LogP contribution in [0.5, 0.6) is 0 Å². The fourth-order valence-electron chi connectivity index (χ4n) is 1.53. The van der Waals surface area contributed by atoms with Crippen LogP contribution in [0.3, 0.4) is 0 Å². The molecule has 0 unspecified atom stereocenters. The number of nitrogens with zero attached hydrogens (tertiary/aromatic N) is 2. The van der Waals surface area contributed by atoms with Gasteiger partial charge in [0.2, 0.25) is 5.91 Å². The van der Waals surface area contributed by atoms with E-state index < -0.39 is 0 Å². The van der Waals surface area contributed by atoms with E-state index in [9.17, 15) is 4.79 Å². The number of carbonyl (C=O) groups is 1. The van der Waals surface area contributed by atoms with Crippen LogP contribution in [0.25, 0.3) is 0 Å². The second-order valence-electron chi connectivity index (χ2n) is 3.50. The van der Waals surface area contributed by atoms with Gasteiger partial charge in [0.25, 0.3) is 0 Å². The number of nitrogens with two attached hydrogens (primary N) is 1. The van der Waals surface area contributed by atoms with Crippen molar-refractivity contribution in [3.63, 3.8) is 0 Å². The molecule has 0 aliphatic heterocycles. The van der Waals surface area contributed by atoms with Gasteiger partial charge >= 0.3 is 0 Å². The number of aromatic nitrogens is 1. The molecule has 5 heteroatoms. The molecule has 0 fully saturated rings. The van der Waals surface area contributed by atoms with Crippen LogP contribution in [0, 0.1) is 0 Å². The molecule has 1 amide bonds.